The maximum atomic E-state index is 11.7. The molecule has 1 N–H and O–H groups in total. The van der Waals surface area contributed by atoms with Crippen molar-refractivity contribution in [3.05, 3.63) is 35.9 Å². The molecule has 1 amide bonds. The lowest BCUT2D eigenvalue weighted by molar-refractivity contribution is 0.0916. The Bertz CT molecular complexity index is 483. The maximum Gasteiger partial charge on any atom is 0.409 e. The average Bonchev–Trinajstić information content (AvgIpc) is 3.34. The molecule has 120 valence electrons. The van der Waals surface area contributed by atoms with Gasteiger partial charge in [0.25, 0.3) is 0 Å². The molecule has 2 aliphatic rings. The Hall–Kier alpha value is -1.55. The second-order valence-corrected chi connectivity index (χ2v) is 6.40. The number of benzene rings is 1. The van der Waals surface area contributed by atoms with Crippen LogP contribution in [0, 0.1) is 5.92 Å². The van der Waals surface area contributed by atoms with E-state index in [1.165, 1.54) is 12.0 Å². The van der Waals surface area contributed by atoms with Crippen molar-refractivity contribution in [3.63, 3.8) is 0 Å². The second kappa shape index (κ2) is 7.14. The van der Waals surface area contributed by atoms with Gasteiger partial charge < -0.3 is 15.0 Å². The first-order valence-corrected chi connectivity index (χ1v) is 8.48. The van der Waals surface area contributed by atoms with Crippen LogP contribution in [0.3, 0.4) is 0 Å². The zero-order chi connectivity index (χ0) is 15.4. The smallest absolute Gasteiger partial charge is 0.409 e. The van der Waals surface area contributed by atoms with Crippen LogP contribution in [0.1, 0.15) is 37.7 Å². The van der Waals surface area contributed by atoms with Gasteiger partial charge in [-0.05, 0) is 44.2 Å². The first kappa shape index (κ1) is 15.3. The topological polar surface area (TPSA) is 41.6 Å². The van der Waals surface area contributed by atoms with Gasteiger partial charge in [0.15, 0.2) is 0 Å². The van der Waals surface area contributed by atoms with Gasteiger partial charge in [0.2, 0.25) is 0 Å². The van der Waals surface area contributed by atoms with E-state index in [1.807, 2.05) is 11.8 Å². The van der Waals surface area contributed by atoms with Gasteiger partial charge in [0, 0.05) is 25.0 Å². The van der Waals surface area contributed by atoms with Gasteiger partial charge >= 0.3 is 6.09 Å². The highest BCUT2D eigenvalue weighted by Gasteiger charge is 2.38. The van der Waals surface area contributed by atoms with Gasteiger partial charge in [-0.25, -0.2) is 4.79 Å². The Balaban J connectivity index is 1.36. The highest BCUT2D eigenvalue weighted by molar-refractivity contribution is 5.67. The summed E-state index contributed by atoms with van der Waals surface area (Å²) in [5.41, 5.74) is 1.46. The highest BCUT2D eigenvalue weighted by atomic mass is 16.6. The minimum atomic E-state index is -0.153. The highest BCUT2D eigenvalue weighted by Crippen LogP contribution is 2.40. The SMILES string of the molecule is CCOC(=O)N1CCC(CNC2C[C@H]2c2ccccc2)CC1. The van der Waals surface area contributed by atoms with E-state index in [9.17, 15) is 4.79 Å². The summed E-state index contributed by atoms with van der Waals surface area (Å²) in [4.78, 5) is 13.5. The van der Waals surface area contributed by atoms with Crippen molar-refractivity contribution in [1.82, 2.24) is 10.2 Å². The van der Waals surface area contributed by atoms with Crippen LogP contribution >= 0.6 is 0 Å². The van der Waals surface area contributed by atoms with Gasteiger partial charge in [-0.1, -0.05) is 30.3 Å². The number of nitrogens with zero attached hydrogens (tertiary/aromatic N) is 1. The summed E-state index contributed by atoms with van der Waals surface area (Å²) in [7, 11) is 0. The van der Waals surface area contributed by atoms with Crippen LogP contribution in [0.2, 0.25) is 0 Å². The first-order valence-electron chi connectivity index (χ1n) is 8.48. The van der Waals surface area contributed by atoms with Crippen molar-refractivity contribution in [2.45, 2.75) is 38.1 Å². The van der Waals surface area contributed by atoms with Gasteiger partial charge in [0.05, 0.1) is 6.61 Å². The zero-order valence-corrected chi connectivity index (χ0v) is 13.3. The predicted molar refractivity (Wildman–Crippen MR) is 86.9 cm³/mol. The van der Waals surface area contributed by atoms with Gasteiger partial charge in [-0.15, -0.1) is 0 Å². The molecule has 4 heteroatoms. The molecule has 2 atom stereocenters. The normalized spacial score (nSPS) is 25.0. The molecule has 22 heavy (non-hydrogen) atoms. The van der Waals surface area contributed by atoms with Crippen molar-refractivity contribution in [2.75, 3.05) is 26.2 Å². The van der Waals surface area contributed by atoms with Crippen LogP contribution in [0.15, 0.2) is 30.3 Å². The summed E-state index contributed by atoms with van der Waals surface area (Å²) >= 11 is 0. The molecule has 1 aromatic rings. The molecule has 4 nitrogen and oxygen atoms in total. The third-order valence-corrected chi connectivity index (χ3v) is 4.83. The van der Waals surface area contributed by atoms with Crippen LogP contribution in [-0.4, -0.2) is 43.3 Å². The summed E-state index contributed by atoms with van der Waals surface area (Å²) in [6, 6.07) is 11.4. The van der Waals surface area contributed by atoms with E-state index in [4.69, 9.17) is 4.74 Å². The van der Waals surface area contributed by atoms with E-state index in [1.54, 1.807) is 0 Å². The molecule has 1 aromatic carbocycles. The quantitative estimate of drug-likeness (QED) is 0.909. The number of hydrogen-bond acceptors (Lipinski definition) is 3. The van der Waals surface area contributed by atoms with Crippen molar-refractivity contribution in [1.29, 1.82) is 0 Å². The molecule has 0 bridgehead atoms. The predicted octanol–water partition coefficient (Wildman–Crippen LogP) is 3.00. The lowest BCUT2D eigenvalue weighted by Crippen LogP contribution is -2.41. The minimum absolute atomic E-state index is 0.153. The van der Waals surface area contributed by atoms with E-state index in [0.717, 1.165) is 32.5 Å². The summed E-state index contributed by atoms with van der Waals surface area (Å²) in [6.07, 6.45) is 3.26. The molecule has 2 fully saturated rings. The molecule has 1 aliphatic carbocycles. The summed E-state index contributed by atoms with van der Waals surface area (Å²) in [5.74, 6) is 1.38. The number of likely N-dealkylation sites (tertiary alicyclic amines) is 1. The number of carbonyl (C=O) groups is 1. The molecule has 1 aliphatic heterocycles. The van der Waals surface area contributed by atoms with Gasteiger partial charge in [-0.3, -0.25) is 0 Å². The fourth-order valence-electron chi connectivity index (χ4n) is 3.34. The van der Waals surface area contributed by atoms with E-state index in [-0.39, 0.29) is 6.09 Å². The first-order chi connectivity index (χ1) is 10.8. The third-order valence-electron chi connectivity index (χ3n) is 4.83. The number of ether oxygens (including phenoxy) is 1. The van der Waals surface area contributed by atoms with E-state index < -0.39 is 0 Å². The zero-order valence-electron chi connectivity index (χ0n) is 13.3. The van der Waals surface area contributed by atoms with Crippen molar-refractivity contribution in [3.8, 4) is 0 Å². The Morgan fingerprint density at radius 3 is 2.68 bits per heavy atom. The van der Waals surface area contributed by atoms with Crippen LogP contribution < -0.4 is 5.32 Å². The number of rotatable bonds is 5. The number of hydrogen-bond donors (Lipinski definition) is 1. The molecule has 3 rings (SSSR count). The molecular weight excluding hydrogens is 276 g/mol. The second-order valence-electron chi connectivity index (χ2n) is 6.40. The standard InChI is InChI=1S/C18H26N2O2/c1-2-22-18(21)20-10-8-14(9-11-20)13-19-17-12-16(17)15-6-4-3-5-7-15/h3-7,14,16-17,19H,2,8-13H2,1H3/t16-,17?/m0/s1. The van der Waals surface area contributed by atoms with E-state index in [0.29, 0.717) is 24.5 Å². The lowest BCUT2D eigenvalue weighted by Gasteiger charge is -2.31. The molecule has 1 saturated heterocycles. The lowest BCUT2D eigenvalue weighted by atomic mass is 9.97. The Morgan fingerprint density at radius 1 is 1.27 bits per heavy atom. The number of amides is 1. The third kappa shape index (κ3) is 3.80. The molecule has 0 radical (unpaired) electrons. The molecular formula is C18H26N2O2. The van der Waals surface area contributed by atoms with Crippen LogP contribution in [0.4, 0.5) is 4.79 Å². The van der Waals surface area contributed by atoms with E-state index in [2.05, 4.69) is 35.6 Å². The van der Waals surface area contributed by atoms with Gasteiger partial charge in [0.1, 0.15) is 0 Å². The minimum Gasteiger partial charge on any atom is -0.450 e. The van der Waals surface area contributed by atoms with Crippen molar-refractivity contribution < 1.29 is 9.53 Å². The van der Waals surface area contributed by atoms with Crippen LogP contribution in [0.5, 0.6) is 0 Å². The van der Waals surface area contributed by atoms with Crippen molar-refractivity contribution >= 4 is 6.09 Å². The van der Waals surface area contributed by atoms with Crippen molar-refractivity contribution in [2.24, 2.45) is 5.92 Å². The molecule has 1 heterocycles. The fourth-order valence-corrected chi connectivity index (χ4v) is 3.34. The monoisotopic (exact) mass is 302 g/mol. The van der Waals surface area contributed by atoms with E-state index >= 15 is 0 Å². The Kier molecular flexibility index (Phi) is 4.98. The van der Waals surface area contributed by atoms with Gasteiger partial charge in [-0.2, -0.15) is 0 Å². The van der Waals surface area contributed by atoms with Crippen LogP contribution in [0.25, 0.3) is 0 Å². The summed E-state index contributed by atoms with van der Waals surface area (Å²) < 4.78 is 5.06. The largest absolute Gasteiger partial charge is 0.450 e. The Labute approximate surface area is 132 Å². The van der Waals surface area contributed by atoms with Crippen LogP contribution in [-0.2, 0) is 4.74 Å². The summed E-state index contributed by atoms with van der Waals surface area (Å²) in [5, 5.41) is 3.71. The molecule has 1 unspecified atom stereocenters. The number of piperidine rings is 1. The fraction of sp³-hybridized carbons (Fsp3) is 0.611. The molecule has 0 aromatic heterocycles. The molecule has 1 saturated carbocycles. The molecule has 0 spiro atoms. The number of nitrogens with one attached hydrogen (secondary N) is 1. The number of carbonyl (C=O) groups excluding carboxylic acids is 1. The Morgan fingerprint density at radius 2 is 2.00 bits per heavy atom. The average molecular weight is 302 g/mol. The maximum absolute atomic E-state index is 11.7. The summed E-state index contributed by atoms with van der Waals surface area (Å²) in [6.45, 7) is 5.05.